The number of aryl methyl sites for hydroxylation is 1. The highest BCUT2D eigenvalue weighted by molar-refractivity contribution is 7.98. The topological polar surface area (TPSA) is 70.0 Å². The third-order valence-corrected chi connectivity index (χ3v) is 8.54. The van der Waals surface area contributed by atoms with Gasteiger partial charge in [-0.3, -0.25) is 4.79 Å². The number of nitrogens with zero attached hydrogens (tertiary/aromatic N) is 1. The van der Waals surface area contributed by atoms with Crippen LogP contribution in [0.15, 0.2) is 94.2 Å². The molecule has 0 unspecified atom stereocenters. The number of thioether (sulfide) groups is 1. The fraction of sp³-hybridized carbons (Fsp3) is 0.324. The molecular weight excluding hydrogens is 551 g/mol. The number of fused-ring (bicyclic) bond motifs is 1. The quantitative estimate of drug-likeness (QED) is 0.0944. The van der Waals surface area contributed by atoms with Crippen LogP contribution in [0.2, 0.25) is 0 Å². The lowest BCUT2D eigenvalue weighted by atomic mass is 9.92. The highest BCUT2D eigenvalue weighted by Gasteiger charge is 2.23. The summed E-state index contributed by atoms with van der Waals surface area (Å²) in [6.45, 7) is 8.07. The number of ether oxygens (including phenoxy) is 1. The summed E-state index contributed by atoms with van der Waals surface area (Å²) in [5.41, 5.74) is 5.22. The molecule has 0 atom stereocenters. The number of benzene rings is 3. The fourth-order valence-electron chi connectivity index (χ4n) is 4.60. The molecule has 0 fully saturated rings. The lowest BCUT2D eigenvalue weighted by Crippen LogP contribution is -2.26. The summed E-state index contributed by atoms with van der Waals surface area (Å²) in [4.78, 5) is 13.7. The number of aliphatic hydroxyl groups is 1. The Labute approximate surface area is 253 Å². The van der Waals surface area contributed by atoms with Crippen molar-refractivity contribution < 1.29 is 19.7 Å². The molecule has 7 heteroatoms. The Balaban J connectivity index is 0.00000226. The van der Waals surface area contributed by atoms with Gasteiger partial charge in [0.05, 0.1) is 6.61 Å². The molecular formula is C34H41NO4S2. The SMILES string of the molecule is C/C=C(/C=C(\O)c1ccccc1)CCOc1ccc(CCC(=O)O)c2c1CCN(Sc1ccc(SC)cc1)C2.CC. The highest BCUT2D eigenvalue weighted by Crippen LogP contribution is 2.36. The molecule has 0 aromatic heterocycles. The van der Waals surface area contributed by atoms with E-state index in [2.05, 4.69) is 34.8 Å². The maximum absolute atomic E-state index is 11.3. The first-order chi connectivity index (χ1) is 20.0. The summed E-state index contributed by atoms with van der Waals surface area (Å²) in [6, 6.07) is 22.1. The smallest absolute Gasteiger partial charge is 0.303 e. The average molecular weight is 592 g/mol. The molecule has 0 saturated carbocycles. The van der Waals surface area contributed by atoms with Crippen molar-refractivity contribution in [3.63, 3.8) is 0 Å². The second kappa shape index (κ2) is 17.0. The normalized spacial score (nSPS) is 13.7. The molecule has 41 heavy (non-hydrogen) atoms. The van der Waals surface area contributed by atoms with Gasteiger partial charge in [0, 0.05) is 46.8 Å². The third kappa shape index (κ3) is 9.73. The molecule has 0 saturated heterocycles. The van der Waals surface area contributed by atoms with E-state index < -0.39 is 5.97 Å². The standard InChI is InChI=1S/C32H35NO4S2.C2H6/c1-3-23(21-30(34)25-7-5-4-6-8-25)18-20-37-31-15-9-24(10-16-32(35)36)29-22-33(19-17-28(29)31)39-27-13-11-26(38-2)12-14-27;1-2/h3-9,11-15,21,34H,10,16-20,22H2,1-2H3,(H,35,36);1-2H3/b23-3+,30-21-;. The van der Waals surface area contributed by atoms with Crippen molar-refractivity contribution in [3.8, 4) is 5.75 Å². The molecule has 0 spiro atoms. The number of aliphatic carboxylic acids is 1. The maximum Gasteiger partial charge on any atom is 0.303 e. The van der Waals surface area contributed by atoms with E-state index in [1.165, 1.54) is 20.9 Å². The van der Waals surface area contributed by atoms with Crippen LogP contribution in [0.3, 0.4) is 0 Å². The highest BCUT2D eigenvalue weighted by atomic mass is 32.2. The van der Waals surface area contributed by atoms with Gasteiger partial charge in [-0.25, -0.2) is 4.31 Å². The zero-order chi connectivity index (χ0) is 29.6. The van der Waals surface area contributed by atoms with Crippen LogP contribution in [0, 0.1) is 0 Å². The number of aliphatic hydroxyl groups excluding tert-OH is 1. The van der Waals surface area contributed by atoms with Crippen molar-refractivity contribution in [2.24, 2.45) is 0 Å². The van der Waals surface area contributed by atoms with Crippen molar-refractivity contribution >= 4 is 35.4 Å². The predicted molar refractivity (Wildman–Crippen MR) is 173 cm³/mol. The molecule has 0 aliphatic carbocycles. The van der Waals surface area contributed by atoms with E-state index in [0.717, 1.165) is 42.0 Å². The van der Waals surface area contributed by atoms with Crippen molar-refractivity contribution in [1.82, 2.24) is 4.31 Å². The van der Waals surface area contributed by atoms with Gasteiger partial charge >= 0.3 is 5.97 Å². The number of hydrogen-bond acceptors (Lipinski definition) is 6. The maximum atomic E-state index is 11.3. The number of hydrogen-bond donors (Lipinski definition) is 2. The summed E-state index contributed by atoms with van der Waals surface area (Å²) in [7, 11) is 0. The summed E-state index contributed by atoms with van der Waals surface area (Å²) in [5.74, 6) is 0.319. The average Bonchev–Trinajstić information content (AvgIpc) is 3.01. The lowest BCUT2D eigenvalue weighted by molar-refractivity contribution is -0.136. The lowest BCUT2D eigenvalue weighted by Gasteiger charge is -2.30. The summed E-state index contributed by atoms with van der Waals surface area (Å²) in [6.07, 6.45) is 7.98. The molecule has 4 rings (SSSR count). The van der Waals surface area contributed by atoms with Gasteiger partial charge < -0.3 is 14.9 Å². The molecule has 1 aliphatic rings. The first kappa shape index (κ1) is 32.4. The molecule has 0 bridgehead atoms. The van der Waals surface area contributed by atoms with E-state index >= 15 is 0 Å². The number of rotatable bonds is 12. The van der Waals surface area contributed by atoms with Gasteiger partial charge in [0.25, 0.3) is 0 Å². The molecule has 2 N–H and O–H groups in total. The van der Waals surface area contributed by atoms with Crippen molar-refractivity contribution in [1.29, 1.82) is 0 Å². The molecule has 5 nitrogen and oxygen atoms in total. The molecule has 0 radical (unpaired) electrons. The second-order valence-electron chi connectivity index (χ2n) is 9.31. The van der Waals surface area contributed by atoms with Gasteiger partial charge in [0.15, 0.2) is 0 Å². The summed E-state index contributed by atoms with van der Waals surface area (Å²) in [5, 5.41) is 19.8. The van der Waals surface area contributed by atoms with Crippen molar-refractivity contribution in [2.75, 3.05) is 19.4 Å². The zero-order valence-corrected chi connectivity index (χ0v) is 26.1. The van der Waals surface area contributed by atoms with Crippen LogP contribution in [-0.2, 0) is 24.2 Å². The van der Waals surface area contributed by atoms with Crippen LogP contribution >= 0.6 is 23.7 Å². The zero-order valence-electron chi connectivity index (χ0n) is 24.4. The van der Waals surface area contributed by atoms with E-state index in [0.29, 0.717) is 19.4 Å². The van der Waals surface area contributed by atoms with Gasteiger partial charge in [-0.05, 0) is 91.1 Å². The molecule has 1 aliphatic heterocycles. The van der Waals surface area contributed by atoms with E-state index in [9.17, 15) is 15.0 Å². The monoisotopic (exact) mass is 591 g/mol. The van der Waals surface area contributed by atoms with Crippen molar-refractivity contribution in [2.45, 2.75) is 62.8 Å². The van der Waals surface area contributed by atoms with Gasteiger partial charge in [0.2, 0.25) is 0 Å². The minimum atomic E-state index is -0.786. The van der Waals surface area contributed by atoms with E-state index in [1.54, 1.807) is 29.8 Å². The third-order valence-electron chi connectivity index (χ3n) is 6.74. The predicted octanol–water partition coefficient (Wildman–Crippen LogP) is 8.83. The van der Waals surface area contributed by atoms with E-state index in [1.807, 2.05) is 69.3 Å². The molecule has 3 aromatic carbocycles. The fourth-order valence-corrected chi connectivity index (χ4v) is 5.94. The number of carboxylic acid groups (broad SMARTS) is 1. The van der Waals surface area contributed by atoms with Gasteiger partial charge in [-0.1, -0.05) is 56.3 Å². The first-order valence-corrected chi connectivity index (χ1v) is 16.1. The van der Waals surface area contributed by atoms with Gasteiger partial charge in [-0.15, -0.1) is 11.8 Å². The molecule has 218 valence electrons. The Hall–Kier alpha value is -3.13. The molecule has 0 amide bonds. The number of allylic oxidation sites excluding steroid dienone is 2. The van der Waals surface area contributed by atoms with Crippen LogP contribution < -0.4 is 4.74 Å². The Morgan fingerprint density at radius 3 is 2.32 bits per heavy atom. The Morgan fingerprint density at radius 1 is 0.951 bits per heavy atom. The Morgan fingerprint density at radius 2 is 1.66 bits per heavy atom. The minimum Gasteiger partial charge on any atom is -0.507 e. The van der Waals surface area contributed by atoms with Crippen LogP contribution in [0.1, 0.15) is 55.9 Å². The van der Waals surface area contributed by atoms with Gasteiger partial charge in [-0.2, -0.15) is 0 Å². The van der Waals surface area contributed by atoms with Crippen LogP contribution in [0.4, 0.5) is 0 Å². The van der Waals surface area contributed by atoms with Crippen LogP contribution in [0.25, 0.3) is 5.76 Å². The van der Waals surface area contributed by atoms with E-state index in [-0.39, 0.29) is 12.2 Å². The second-order valence-corrected chi connectivity index (χ2v) is 11.4. The minimum absolute atomic E-state index is 0.109. The molecule has 1 heterocycles. The summed E-state index contributed by atoms with van der Waals surface area (Å²) >= 11 is 3.48. The van der Waals surface area contributed by atoms with Gasteiger partial charge in [0.1, 0.15) is 11.5 Å². The Bertz CT molecular complexity index is 1320. The summed E-state index contributed by atoms with van der Waals surface area (Å²) < 4.78 is 8.63. The first-order valence-electron chi connectivity index (χ1n) is 14.1. The largest absolute Gasteiger partial charge is 0.507 e. The molecule has 3 aromatic rings. The Kier molecular flexibility index (Phi) is 13.4. The number of carboxylic acids is 1. The van der Waals surface area contributed by atoms with Crippen molar-refractivity contribution in [3.05, 3.63) is 107 Å². The number of carbonyl (C=O) groups is 1. The van der Waals surface area contributed by atoms with E-state index in [4.69, 9.17) is 4.74 Å². The van der Waals surface area contributed by atoms with Crippen LogP contribution in [0.5, 0.6) is 5.75 Å². The van der Waals surface area contributed by atoms with Crippen LogP contribution in [-0.4, -0.2) is 39.9 Å².